The van der Waals surface area contributed by atoms with Crippen molar-refractivity contribution in [2.75, 3.05) is 0 Å². The largest absolute Gasteiger partial charge is 0.137 e. The van der Waals surface area contributed by atoms with Gasteiger partial charge in [0.1, 0.15) is 0 Å². The lowest BCUT2D eigenvalue weighted by atomic mass is 10.2. The third-order valence-corrected chi connectivity index (χ3v) is 1.22. The zero-order valence-corrected chi connectivity index (χ0v) is 7.22. The Labute approximate surface area is 68.9 Å². The lowest BCUT2D eigenvalue weighted by molar-refractivity contribution is 1.40. The van der Waals surface area contributed by atoms with Gasteiger partial charge in [0.05, 0.1) is 0 Å². The van der Waals surface area contributed by atoms with E-state index in [9.17, 15) is 0 Å². The van der Waals surface area contributed by atoms with Crippen molar-refractivity contribution >= 4 is 0 Å². The molecule has 1 rings (SSSR count). The van der Waals surface area contributed by atoms with E-state index in [2.05, 4.69) is 57.0 Å². The van der Waals surface area contributed by atoms with Crippen LogP contribution in [-0.2, 0) is 0 Å². The van der Waals surface area contributed by atoms with Crippen LogP contribution in [0.2, 0.25) is 0 Å². The number of benzene rings is 1. The summed E-state index contributed by atoms with van der Waals surface area (Å²) < 4.78 is 0. The minimum atomic E-state index is 1.33. The summed E-state index contributed by atoms with van der Waals surface area (Å²) in [5.41, 5.74) is 4.91. The summed E-state index contributed by atoms with van der Waals surface area (Å²) in [7, 11) is 0. The van der Waals surface area contributed by atoms with Crippen molar-refractivity contribution in [2.24, 2.45) is 0 Å². The number of aryl methyl sites for hydroxylation is 2. The van der Waals surface area contributed by atoms with Crippen molar-refractivity contribution in [1.82, 2.24) is 0 Å². The fraction of sp³-hybridized carbons (Fsp3) is 0.182. The summed E-state index contributed by atoms with van der Waals surface area (Å²) in [6, 6.07) is 8.48. The second kappa shape index (κ2) is 5.52. The Bertz CT molecular complexity index is 202. The molecule has 0 heterocycles. The van der Waals surface area contributed by atoms with Gasteiger partial charge in [0.25, 0.3) is 0 Å². The number of hydrogen-bond acceptors (Lipinski definition) is 0. The molecule has 0 saturated carbocycles. The highest BCUT2D eigenvalue weighted by atomic mass is 13.9. The predicted octanol–water partition coefficient (Wildman–Crippen LogP) is 3.26. The first-order valence-electron chi connectivity index (χ1n) is 3.53. The molecule has 0 saturated heterocycles. The molecule has 0 aliphatic heterocycles. The molecule has 0 aliphatic carbocycles. The lowest BCUT2D eigenvalue weighted by Crippen LogP contribution is -1.70. The summed E-state index contributed by atoms with van der Waals surface area (Å²) in [6.07, 6.45) is 0. The SMILES string of the molecule is C=C=C.Cc1ccc(C)cc1. The maximum atomic E-state index is 3.12. The van der Waals surface area contributed by atoms with Crippen LogP contribution in [0.3, 0.4) is 0 Å². The summed E-state index contributed by atoms with van der Waals surface area (Å²) in [6.45, 7) is 10.4. The van der Waals surface area contributed by atoms with E-state index >= 15 is 0 Å². The highest BCUT2D eigenvalue weighted by Crippen LogP contribution is 1.99. The topological polar surface area (TPSA) is 0 Å². The molecule has 0 bridgehead atoms. The predicted molar refractivity (Wildman–Crippen MR) is 50.7 cm³/mol. The van der Waals surface area contributed by atoms with Gasteiger partial charge in [0, 0.05) is 0 Å². The van der Waals surface area contributed by atoms with E-state index < -0.39 is 0 Å². The van der Waals surface area contributed by atoms with Gasteiger partial charge in [0.15, 0.2) is 0 Å². The Morgan fingerprint density at radius 3 is 1.27 bits per heavy atom. The molecular weight excluding hydrogens is 132 g/mol. The summed E-state index contributed by atoms with van der Waals surface area (Å²) >= 11 is 0. The van der Waals surface area contributed by atoms with Crippen LogP contribution in [0, 0.1) is 13.8 Å². The number of rotatable bonds is 0. The van der Waals surface area contributed by atoms with Crippen molar-refractivity contribution in [3.63, 3.8) is 0 Å². The molecule has 0 heteroatoms. The van der Waals surface area contributed by atoms with E-state index in [4.69, 9.17) is 0 Å². The van der Waals surface area contributed by atoms with Crippen molar-refractivity contribution in [3.8, 4) is 0 Å². The van der Waals surface area contributed by atoms with Gasteiger partial charge in [-0.05, 0) is 13.8 Å². The zero-order valence-electron chi connectivity index (χ0n) is 7.22. The van der Waals surface area contributed by atoms with E-state index in [1.165, 1.54) is 11.1 Å². The highest BCUT2D eigenvalue weighted by molar-refractivity contribution is 5.19. The zero-order chi connectivity index (χ0) is 8.69. The fourth-order valence-corrected chi connectivity index (χ4v) is 0.637. The number of hydrogen-bond donors (Lipinski definition) is 0. The van der Waals surface area contributed by atoms with Gasteiger partial charge < -0.3 is 0 Å². The molecule has 0 N–H and O–H groups in total. The Kier molecular flexibility index (Phi) is 4.89. The van der Waals surface area contributed by atoms with Gasteiger partial charge in [-0.2, -0.15) is 0 Å². The third kappa shape index (κ3) is 5.20. The smallest absolute Gasteiger partial charge is 0.0398 e. The van der Waals surface area contributed by atoms with Gasteiger partial charge in [-0.25, -0.2) is 0 Å². The van der Waals surface area contributed by atoms with Crippen LogP contribution in [0.25, 0.3) is 0 Å². The first-order chi connectivity index (χ1) is 5.20. The van der Waals surface area contributed by atoms with E-state index in [0.29, 0.717) is 0 Å². The monoisotopic (exact) mass is 146 g/mol. The molecule has 0 spiro atoms. The maximum Gasteiger partial charge on any atom is -0.0398 e. The second-order valence-electron chi connectivity index (χ2n) is 2.40. The highest BCUT2D eigenvalue weighted by Gasteiger charge is 1.79. The average Bonchev–Trinajstić information content (AvgIpc) is 1.97. The molecule has 58 valence electrons. The molecule has 0 atom stereocenters. The molecule has 0 unspecified atom stereocenters. The minimum absolute atomic E-state index is 1.33. The Hall–Kier alpha value is -1.26. The van der Waals surface area contributed by atoms with E-state index in [1.807, 2.05) is 0 Å². The van der Waals surface area contributed by atoms with Crippen molar-refractivity contribution in [1.29, 1.82) is 0 Å². The van der Waals surface area contributed by atoms with E-state index in [1.54, 1.807) is 0 Å². The Morgan fingerprint density at radius 2 is 1.09 bits per heavy atom. The molecule has 11 heavy (non-hydrogen) atoms. The van der Waals surface area contributed by atoms with Crippen LogP contribution in [0.5, 0.6) is 0 Å². The minimum Gasteiger partial charge on any atom is -0.137 e. The first-order valence-corrected chi connectivity index (χ1v) is 3.53. The second-order valence-corrected chi connectivity index (χ2v) is 2.40. The van der Waals surface area contributed by atoms with Crippen molar-refractivity contribution < 1.29 is 0 Å². The van der Waals surface area contributed by atoms with E-state index in [-0.39, 0.29) is 0 Å². The van der Waals surface area contributed by atoms with Gasteiger partial charge in [-0.1, -0.05) is 48.6 Å². The van der Waals surface area contributed by atoms with Gasteiger partial charge in [0.2, 0.25) is 0 Å². The molecule has 1 aromatic carbocycles. The molecule has 0 nitrogen and oxygen atoms in total. The van der Waals surface area contributed by atoms with Crippen molar-refractivity contribution in [3.05, 3.63) is 54.3 Å². The van der Waals surface area contributed by atoms with Crippen LogP contribution in [0.4, 0.5) is 0 Å². The standard InChI is InChI=1S/C8H10.C3H4/c1-7-3-5-8(2)6-4-7;1-3-2/h3-6H,1-2H3;1-2H2. The molecule has 1 aromatic rings. The van der Waals surface area contributed by atoms with Crippen LogP contribution >= 0.6 is 0 Å². The quantitative estimate of drug-likeness (QED) is 0.493. The third-order valence-electron chi connectivity index (χ3n) is 1.22. The van der Waals surface area contributed by atoms with Gasteiger partial charge in [-0.15, -0.1) is 5.73 Å². The summed E-state index contributed by atoms with van der Waals surface area (Å²) in [4.78, 5) is 0. The lowest BCUT2D eigenvalue weighted by Gasteiger charge is -1.90. The molecule has 0 fully saturated rings. The fourth-order valence-electron chi connectivity index (χ4n) is 0.637. The Balaban J connectivity index is 0.000000292. The normalized spacial score (nSPS) is 7.45. The van der Waals surface area contributed by atoms with Crippen LogP contribution in [0.15, 0.2) is 43.2 Å². The Morgan fingerprint density at radius 1 is 0.909 bits per heavy atom. The van der Waals surface area contributed by atoms with Crippen LogP contribution in [0.1, 0.15) is 11.1 Å². The summed E-state index contributed by atoms with van der Waals surface area (Å²) in [5.74, 6) is 0. The first kappa shape index (κ1) is 9.74. The van der Waals surface area contributed by atoms with E-state index in [0.717, 1.165) is 0 Å². The molecule has 0 radical (unpaired) electrons. The molecular formula is C11H14. The van der Waals surface area contributed by atoms with Crippen LogP contribution in [-0.4, -0.2) is 0 Å². The van der Waals surface area contributed by atoms with Crippen molar-refractivity contribution in [2.45, 2.75) is 13.8 Å². The summed E-state index contributed by atoms with van der Waals surface area (Å²) in [5, 5.41) is 0. The average molecular weight is 146 g/mol. The molecule has 0 aromatic heterocycles. The maximum absolute atomic E-state index is 3.12. The molecule has 0 aliphatic rings. The molecule has 0 amide bonds. The van der Waals surface area contributed by atoms with Gasteiger partial charge >= 0.3 is 0 Å². The van der Waals surface area contributed by atoms with Crippen LogP contribution < -0.4 is 0 Å². The van der Waals surface area contributed by atoms with Gasteiger partial charge in [-0.3, -0.25) is 0 Å².